The fourth-order valence-electron chi connectivity index (χ4n) is 3.86. The van der Waals surface area contributed by atoms with Gasteiger partial charge in [-0.15, -0.1) is 0 Å². The smallest absolute Gasteiger partial charge is 0.338 e. The molecule has 1 aliphatic heterocycles. The number of hydrogen-bond acceptors (Lipinski definition) is 6. The number of benzene rings is 1. The molecule has 29 heavy (non-hydrogen) atoms. The summed E-state index contributed by atoms with van der Waals surface area (Å²) >= 11 is 0. The Balaban J connectivity index is 2.16. The number of hydrogen-bond donors (Lipinski definition) is 1. The van der Waals surface area contributed by atoms with Crippen LogP contribution in [0.1, 0.15) is 18.9 Å². The number of fused-ring (bicyclic) bond motifs is 2. The molecule has 1 N–H and O–H groups in total. The Morgan fingerprint density at radius 2 is 2.14 bits per heavy atom. The monoisotopic (exact) mass is 389 g/mol. The lowest BCUT2D eigenvalue weighted by Gasteiger charge is -2.24. The molecule has 0 spiro atoms. The largest absolute Gasteiger partial charge is 0.465 e. The Morgan fingerprint density at radius 3 is 2.86 bits per heavy atom. The predicted octanol–water partition coefficient (Wildman–Crippen LogP) is 1.34. The third-order valence-corrected chi connectivity index (χ3v) is 5.38. The van der Waals surface area contributed by atoms with Gasteiger partial charge < -0.3 is 14.3 Å². The molecule has 0 radical (unpaired) electrons. The Bertz CT molecular complexity index is 1260. The first kappa shape index (κ1) is 18.9. The van der Waals surface area contributed by atoms with Gasteiger partial charge in [0.05, 0.1) is 30.8 Å². The van der Waals surface area contributed by atoms with E-state index in [0.29, 0.717) is 34.3 Å². The van der Waals surface area contributed by atoms with Crippen molar-refractivity contribution in [3.05, 3.63) is 62.3 Å². The Hall–Kier alpha value is -3.43. The van der Waals surface area contributed by atoms with Crippen molar-refractivity contribution >= 4 is 23.7 Å². The molecule has 3 unspecified atom stereocenters. The zero-order valence-electron chi connectivity index (χ0n) is 16.0. The van der Waals surface area contributed by atoms with Crippen molar-refractivity contribution in [3.8, 4) is 17.4 Å². The van der Waals surface area contributed by atoms with E-state index in [4.69, 9.17) is 9.15 Å². The molecule has 0 fully saturated rings. The number of rotatable bonds is 2. The molecule has 3 atom stereocenters. The molecule has 0 aromatic heterocycles. The van der Waals surface area contributed by atoms with E-state index in [1.165, 1.54) is 19.2 Å². The number of carbonyl (C=O) groups is 1. The van der Waals surface area contributed by atoms with Crippen molar-refractivity contribution in [1.29, 1.82) is 5.26 Å². The summed E-state index contributed by atoms with van der Waals surface area (Å²) in [5.74, 6) is -0.697. The van der Waals surface area contributed by atoms with Crippen LogP contribution in [-0.2, 0) is 9.53 Å². The highest BCUT2D eigenvalue weighted by atomic mass is 16.5. The third-order valence-electron chi connectivity index (χ3n) is 5.38. The molecular formula is C23H19NO5. The summed E-state index contributed by atoms with van der Waals surface area (Å²) in [5.41, 5.74) is 2.65. The van der Waals surface area contributed by atoms with Crippen LogP contribution in [0.5, 0.6) is 0 Å². The number of methoxy groups -OCH3 is 1. The van der Waals surface area contributed by atoms with Gasteiger partial charge in [0.15, 0.2) is 5.43 Å². The van der Waals surface area contributed by atoms with Crippen LogP contribution in [0.4, 0.5) is 0 Å². The number of nitrogens with zero attached hydrogens (tertiary/aromatic N) is 1. The van der Waals surface area contributed by atoms with Crippen molar-refractivity contribution in [3.63, 3.8) is 0 Å². The maximum Gasteiger partial charge on any atom is 0.338 e. The van der Waals surface area contributed by atoms with Crippen LogP contribution in [0.2, 0.25) is 0 Å². The third kappa shape index (κ3) is 3.20. The van der Waals surface area contributed by atoms with Crippen LogP contribution in [0, 0.1) is 23.2 Å². The number of allylic oxidation sites excluding steroid dienone is 2. The number of esters is 1. The topological polar surface area (TPSA) is 101 Å². The summed E-state index contributed by atoms with van der Waals surface area (Å²) in [4.78, 5) is 24.4. The lowest BCUT2D eigenvalue weighted by molar-refractivity contribution is -0.135. The fourth-order valence-corrected chi connectivity index (χ4v) is 3.86. The van der Waals surface area contributed by atoms with Gasteiger partial charge >= 0.3 is 5.97 Å². The number of aliphatic hydroxyl groups excluding tert-OH is 1. The molecule has 146 valence electrons. The number of ether oxygens (including phenoxy) is 1. The normalized spacial score (nSPS) is 23.0. The van der Waals surface area contributed by atoms with E-state index in [9.17, 15) is 20.0 Å². The number of nitriles is 1. The van der Waals surface area contributed by atoms with E-state index in [1.807, 2.05) is 13.0 Å². The van der Waals surface area contributed by atoms with Gasteiger partial charge in [-0.1, -0.05) is 25.2 Å². The summed E-state index contributed by atoms with van der Waals surface area (Å²) in [6.45, 7) is 1.88. The number of carbonyl (C=O) groups excluding carboxylic acids is 1. The molecule has 0 saturated heterocycles. The average molecular weight is 389 g/mol. The van der Waals surface area contributed by atoms with Crippen LogP contribution >= 0.6 is 0 Å². The summed E-state index contributed by atoms with van der Waals surface area (Å²) in [5, 5.41) is 20.5. The second-order valence-corrected chi connectivity index (χ2v) is 7.28. The molecule has 0 aromatic rings. The molecule has 1 heterocycles. The van der Waals surface area contributed by atoms with Gasteiger partial charge in [-0.2, -0.15) is 5.26 Å². The zero-order chi connectivity index (χ0) is 20.7. The summed E-state index contributed by atoms with van der Waals surface area (Å²) in [6, 6.07) is 6.73. The second kappa shape index (κ2) is 7.19. The second-order valence-electron chi connectivity index (χ2n) is 7.28. The quantitative estimate of drug-likeness (QED) is 0.778. The van der Waals surface area contributed by atoms with Crippen LogP contribution in [0.3, 0.4) is 0 Å². The highest BCUT2D eigenvalue weighted by Gasteiger charge is 2.28. The Morgan fingerprint density at radius 1 is 1.34 bits per heavy atom. The zero-order valence-corrected chi connectivity index (χ0v) is 16.0. The predicted molar refractivity (Wildman–Crippen MR) is 107 cm³/mol. The molecule has 6 heteroatoms. The van der Waals surface area contributed by atoms with E-state index in [1.54, 1.807) is 24.3 Å². The van der Waals surface area contributed by atoms with Gasteiger partial charge in [0.25, 0.3) is 0 Å². The van der Waals surface area contributed by atoms with E-state index in [2.05, 4.69) is 6.07 Å². The Labute approximate surface area is 166 Å². The lowest BCUT2D eigenvalue weighted by Crippen LogP contribution is -2.38. The molecule has 4 aliphatic rings. The first-order valence-corrected chi connectivity index (χ1v) is 9.31. The molecular weight excluding hydrogens is 370 g/mol. The summed E-state index contributed by atoms with van der Waals surface area (Å²) < 4.78 is 10.9. The standard InChI is InChI=1S/C23H19NO5/c1-12-7-18-21(10-19(12)26)29-20-9-14(25)4-6-16(20)22(18)17-8-13(11-24)3-5-15(17)23(27)28-2/h3-7,9-10,12-13,19,26H,8H2,1-2H3. The molecule has 0 bridgehead atoms. The lowest BCUT2D eigenvalue weighted by atomic mass is 9.82. The first-order chi connectivity index (χ1) is 13.9. The first-order valence-electron chi connectivity index (χ1n) is 9.31. The van der Waals surface area contributed by atoms with Gasteiger partial charge in [0.2, 0.25) is 0 Å². The molecule has 6 nitrogen and oxygen atoms in total. The van der Waals surface area contributed by atoms with E-state index >= 15 is 0 Å². The highest BCUT2D eigenvalue weighted by Crippen LogP contribution is 2.36. The van der Waals surface area contributed by atoms with E-state index in [0.717, 1.165) is 10.8 Å². The minimum absolute atomic E-state index is 0.166. The summed E-state index contributed by atoms with van der Waals surface area (Å²) in [6.07, 6.45) is 6.42. The number of aliphatic hydroxyl groups is 1. The van der Waals surface area contributed by atoms with Crippen molar-refractivity contribution in [2.45, 2.75) is 19.4 Å². The van der Waals surface area contributed by atoms with Gasteiger partial charge in [-0.05, 0) is 30.2 Å². The van der Waals surface area contributed by atoms with Crippen LogP contribution in [0.25, 0.3) is 29.0 Å². The van der Waals surface area contributed by atoms with Gasteiger partial charge in [-0.25, -0.2) is 4.79 Å². The molecule has 0 aromatic carbocycles. The van der Waals surface area contributed by atoms with Gasteiger partial charge in [0.1, 0.15) is 11.2 Å². The van der Waals surface area contributed by atoms with Gasteiger partial charge in [0, 0.05) is 28.3 Å². The van der Waals surface area contributed by atoms with Gasteiger partial charge in [-0.3, -0.25) is 4.79 Å². The molecule has 0 amide bonds. The van der Waals surface area contributed by atoms with E-state index < -0.39 is 18.0 Å². The van der Waals surface area contributed by atoms with Crippen molar-refractivity contribution in [2.75, 3.05) is 7.11 Å². The van der Waals surface area contributed by atoms with Crippen molar-refractivity contribution < 1.29 is 19.1 Å². The fraction of sp³-hybridized carbons (Fsp3) is 0.261. The summed E-state index contributed by atoms with van der Waals surface area (Å²) in [7, 11) is 1.31. The Kier molecular flexibility index (Phi) is 4.69. The maximum absolute atomic E-state index is 12.5. The minimum Gasteiger partial charge on any atom is -0.465 e. The SMILES string of the molecule is COC(=O)C1=C(c2c3ccc(=O)cc-3oc3c2=CC(C)C(O)C=3)CC(C#N)C=C1. The van der Waals surface area contributed by atoms with Crippen molar-refractivity contribution in [1.82, 2.24) is 0 Å². The van der Waals surface area contributed by atoms with Crippen molar-refractivity contribution in [2.24, 2.45) is 11.8 Å². The highest BCUT2D eigenvalue weighted by molar-refractivity contribution is 6.03. The molecule has 4 rings (SSSR count). The van der Waals surface area contributed by atoms with E-state index in [-0.39, 0.29) is 11.3 Å². The average Bonchev–Trinajstić information content (AvgIpc) is 2.72. The minimum atomic E-state index is -0.723. The molecule has 3 aliphatic carbocycles. The maximum atomic E-state index is 12.5. The van der Waals surface area contributed by atoms with Crippen LogP contribution in [0.15, 0.2) is 45.1 Å². The van der Waals surface area contributed by atoms with Crippen LogP contribution < -0.4 is 16.1 Å². The van der Waals surface area contributed by atoms with Crippen LogP contribution in [-0.4, -0.2) is 24.3 Å². The molecule has 0 saturated carbocycles.